The second kappa shape index (κ2) is 4.79. The van der Waals surface area contributed by atoms with Gasteiger partial charge in [0.1, 0.15) is 5.82 Å². The number of pyridine rings is 1. The molecule has 16 heavy (non-hydrogen) atoms. The van der Waals surface area contributed by atoms with Gasteiger partial charge in [0, 0.05) is 30.7 Å². The predicted molar refractivity (Wildman–Crippen MR) is 64.0 cm³/mol. The number of nitrogen functional groups attached to an aromatic ring is 1. The van der Waals surface area contributed by atoms with Gasteiger partial charge in [0.15, 0.2) is 0 Å². The number of aromatic nitrogens is 3. The van der Waals surface area contributed by atoms with Crippen molar-refractivity contribution in [3.8, 4) is 0 Å². The monoisotopic (exact) mass is 216 g/mol. The lowest BCUT2D eigenvalue weighted by Gasteiger charge is -2.06. The van der Waals surface area contributed by atoms with Crippen LogP contribution in [-0.4, -0.2) is 14.5 Å². The molecule has 0 spiro atoms. The summed E-state index contributed by atoms with van der Waals surface area (Å²) in [5.74, 6) is 1.10. The highest BCUT2D eigenvalue weighted by molar-refractivity contribution is 5.37. The maximum atomic E-state index is 5.72. The highest BCUT2D eigenvalue weighted by Gasteiger charge is 2.03. The number of nitrogens with two attached hydrogens (primary N) is 1. The molecule has 0 aliphatic carbocycles. The summed E-state index contributed by atoms with van der Waals surface area (Å²) in [5.41, 5.74) is 7.44. The molecule has 0 saturated carbocycles. The van der Waals surface area contributed by atoms with Crippen LogP contribution in [0.2, 0.25) is 0 Å². The summed E-state index contributed by atoms with van der Waals surface area (Å²) in [7, 11) is 0. The molecule has 0 unspecified atom stereocenters. The van der Waals surface area contributed by atoms with Crippen molar-refractivity contribution < 1.29 is 0 Å². The molecule has 0 aromatic carbocycles. The summed E-state index contributed by atoms with van der Waals surface area (Å²) in [6.45, 7) is 2.89. The Hall–Kier alpha value is -1.84. The molecule has 2 N–H and O–H groups in total. The SMILES string of the molecule is CCCc1nccn1Cc1cc(N)ccn1. The number of hydrogen-bond acceptors (Lipinski definition) is 3. The molecule has 2 rings (SSSR count). The third-order valence-corrected chi connectivity index (χ3v) is 2.45. The van der Waals surface area contributed by atoms with Gasteiger partial charge in [-0.05, 0) is 18.6 Å². The van der Waals surface area contributed by atoms with Crippen molar-refractivity contribution in [3.05, 3.63) is 42.2 Å². The minimum absolute atomic E-state index is 0.736. The summed E-state index contributed by atoms with van der Waals surface area (Å²) in [6.07, 6.45) is 7.64. The van der Waals surface area contributed by atoms with E-state index in [-0.39, 0.29) is 0 Å². The third-order valence-electron chi connectivity index (χ3n) is 2.45. The van der Waals surface area contributed by atoms with Gasteiger partial charge in [-0.3, -0.25) is 4.98 Å². The van der Waals surface area contributed by atoms with Crippen LogP contribution in [0.3, 0.4) is 0 Å². The molecule has 0 fully saturated rings. The largest absolute Gasteiger partial charge is 0.399 e. The topological polar surface area (TPSA) is 56.7 Å². The Kier molecular flexibility index (Phi) is 3.19. The summed E-state index contributed by atoms with van der Waals surface area (Å²) in [5, 5.41) is 0. The Morgan fingerprint density at radius 1 is 1.31 bits per heavy atom. The van der Waals surface area contributed by atoms with Gasteiger partial charge in [-0.2, -0.15) is 0 Å². The van der Waals surface area contributed by atoms with E-state index in [4.69, 9.17) is 5.73 Å². The quantitative estimate of drug-likeness (QED) is 0.848. The van der Waals surface area contributed by atoms with Gasteiger partial charge in [0.25, 0.3) is 0 Å². The molecule has 4 nitrogen and oxygen atoms in total. The fourth-order valence-corrected chi connectivity index (χ4v) is 1.69. The van der Waals surface area contributed by atoms with Crippen molar-refractivity contribution in [3.63, 3.8) is 0 Å². The smallest absolute Gasteiger partial charge is 0.108 e. The minimum Gasteiger partial charge on any atom is -0.399 e. The second-order valence-electron chi connectivity index (χ2n) is 3.80. The van der Waals surface area contributed by atoms with Crippen LogP contribution in [0.4, 0.5) is 5.69 Å². The molecule has 2 aromatic heterocycles. The normalized spacial score (nSPS) is 10.6. The third kappa shape index (κ3) is 2.39. The molecule has 2 heterocycles. The first-order valence-electron chi connectivity index (χ1n) is 5.50. The molecule has 0 aliphatic heterocycles. The fourth-order valence-electron chi connectivity index (χ4n) is 1.69. The number of hydrogen-bond donors (Lipinski definition) is 1. The lowest BCUT2D eigenvalue weighted by atomic mass is 10.3. The van der Waals surface area contributed by atoms with Crippen molar-refractivity contribution >= 4 is 5.69 Å². The second-order valence-corrected chi connectivity index (χ2v) is 3.80. The Labute approximate surface area is 95.1 Å². The van der Waals surface area contributed by atoms with E-state index in [9.17, 15) is 0 Å². The van der Waals surface area contributed by atoms with Crippen molar-refractivity contribution in [2.75, 3.05) is 5.73 Å². The number of rotatable bonds is 4. The van der Waals surface area contributed by atoms with E-state index in [2.05, 4.69) is 21.5 Å². The molecule has 0 radical (unpaired) electrons. The van der Waals surface area contributed by atoms with Gasteiger partial charge < -0.3 is 10.3 Å². The lowest BCUT2D eigenvalue weighted by molar-refractivity contribution is 0.693. The van der Waals surface area contributed by atoms with Crippen LogP contribution in [-0.2, 0) is 13.0 Å². The fraction of sp³-hybridized carbons (Fsp3) is 0.333. The van der Waals surface area contributed by atoms with E-state index >= 15 is 0 Å². The van der Waals surface area contributed by atoms with Gasteiger partial charge >= 0.3 is 0 Å². The zero-order valence-electron chi connectivity index (χ0n) is 9.43. The molecule has 0 aliphatic rings. The van der Waals surface area contributed by atoms with Gasteiger partial charge in [-0.25, -0.2) is 4.98 Å². The summed E-state index contributed by atoms with van der Waals surface area (Å²) in [6, 6.07) is 3.69. The summed E-state index contributed by atoms with van der Waals surface area (Å²) < 4.78 is 2.12. The van der Waals surface area contributed by atoms with E-state index in [0.29, 0.717) is 0 Å². The lowest BCUT2D eigenvalue weighted by Crippen LogP contribution is -2.06. The molecule has 84 valence electrons. The van der Waals surface area contributed by atoms with E-state index < -0.39 is 0 Å². The highest BCUT2D eigenvalue weighted by atomic mass is 15.1. The summed E-state index contributed by atoms with van der Waals surface area (Å²) >= 11 is 0. The maximum Gasteiger partial charge on any atom is 0.108 e. The molecule has 2 aromatic rings. The first-order valence-corrected chi connectivity index (χ1v) is 5.50. The van der Waals surface area contributed by atoms with E-state index in [1.54, 1.807) is 12.3 Å². The van der Waals surface area contributed by atoms with Crippen molar-refractivity contribution in [1.29, 1.82) is 0 Å². The van der Waals surface area contributed by atoms with Crippen LogP contribution in [0.5, 0.6) is 0 Å². The zero-order valence-corrected chi connectivity index (χ0v) is 9.43. The van der Waals surface area contributed by atoms with Gasteiger partial charge in [0.05, 0.1) is 12.2 Å². The number of nitrogens with zero attached hydrogens (tertiary/aromatic N) is 3. The van der Waals surface area contributed by atoms with Crippen LogP contribution in [0.1, 0.15) is 24.9 Å². The first kappa shape index (κ1) is 10.7. The van der Waals surface area contributed by atoms with Gasteiger partial charge in [-0.1, -0.05) is 6.92 Å². The Balaban J connectivity index is 2.17. The van der Waals surface area contributed by atoms with Gasteiger partial charge in [0.2, 0.25) is 0 Å². The molecular weight excluding hydrogens is 200 g/mol. The van der Waals surface area contributed by atoms with Gasteiger partial charge in [-0.15, -0.1) is 0 Å². The van der Waals surface area contributed by atoms with Crippen LogP contribution >= 0.6 is 0 Å². The Morgan fingerprint density at radius 2 is 2.19 bits per heavy atom. The average Bonchev–Trinajstić information content (AvgIpc) is 2.66. The molecule has 0 amide bonds. The minimum atomic E-state index is 0.736. The number of imidazole rings is 1. The van der Waals surface area contributed by atoms with Crippen molar-refractivity contribution in [2.45, 2.75) is 26.3 Å². The molecule has 4 heteroatoms. The Bertz CT molecular complexity index is 462. The average molecular weight is 216 g/mol. The van der Waals surface area contributed by atoms with E-state index in [1.165, 1.54) is 0 Å². The predicted octanol–water partition coefficient (Wildman–Crippen LogP) is 1.86. The molecule has 0 saturated heterocycles. The molecule has 0 atom stereocenters. The highest BCUT2D eigenvalue weighted by Crippen LogP contribution is 2.08. The first-order chi connectivity index (χ1) is 7.79. The van der Waals surface area contributed by atoms with Crippen LogP contribution in [0, 0.1) is 0 Å². The Morgan fingerprint density at radius 3 is 2.94 bits per heavy atom. The molecular formula is C12H16N4. The van der Waals surface area contributed by atoms with E-state index in [0.717, 1.165) is 36.6 Å². The standard InChI is InChI=1S/C12H16N4/c1-2-3-12-15-6-7-16(12)9-11-8-10(13)4-5-14-11/h4-8H,2-3,9H2,1H3,(H2,13,14). The van der Waals surface area contributed by atoms with E-state index in [1.807, 2.05) is 18.5 Å². The maximum absolute atomic E-state index is 5.72. The van der Waals surface area contributed by atoms with Crippen molar-refractivity contribution in [1.82, 2.24) is 14.5 Å². The van der Waals surface area contributed by atoms with Crippen LogP contribution in [0.25, 0.3) is 0 Å². The number of aryl methyl sites for hydroxylation is 1. The zero-order chi connectivity index (χ0) is 11.4. The van der Waals surface area contributed by atoms with Crippen LogP contribution in [0.15, 0.2) is 30.7 Å². The number of anilines is 1. The van der Waals surface area contributed by atoms with Crippen molar-refractivity contribution in [2.24, 2.45) is 0 Å². The summed E-state index contributed by atoms with van der Waals surface area (Å²) in [4.78, 5) is 8.62. The van der Waals surface area contributed by atoms with Crippen LogP contribution < -0.4 is 5.73 Å². The molecule has 0 bridgehead atoms.